The van der Waals surface area contributed by atoms with Gasteiger partial charge in [0, 0.05) is 0 Å². The third kappa shape index (κ3) is 1.54. The Balaban J connectivity index is 2.45. The molecule has 1 aliphatic rings. The van der Waals surface area contributed by atoms with E-state index in [1.54, 1.807) is 0 Å². The second-order valence-electron chi connectivity index (χ2n) is 3.38. The Labute approximate surface area is 66.4 Å². The van der Waals surface area contributed by atoms with Crippen LogP contribution in [0, 0.1) is 5.41 Å². The van der Waals surface area contributed by atoms with Gasteiger partial charge in [-0.25, -0.2) is 0 Å². The van der Waals surface area contributed by atoms with Gasteiger partial charge in [-0.3, -0.25) is 0 Å². The van der Waals surface area contributed by atoms with E-state index in [0.717, 1.165) is 18.1 Å². The van der Waals surface area contributed by atoms with E-state index in [2.05, 4.69) is 11.4 Å². The zero-order valence-corrected chi connectivity index (χ0v) is 8.43. The summed E-state index contributed by atoms with van der Waals surface area (Å²) in [5, 5.41) is 1.12. The van der Waals surface area contributed by atoms with Crippen molar-refractivity contribution in [3.63, 3.8) is 0 Å². The van der Waals surface area contributed by atoms with Crippen LogP contribution < -0.4 is 5.73 Å². The molecule has 1 aliphatic carbocycles. The summed E-state index contributed by atoms with van der Waals surface area (Å²) in [4.78, 5) is 10.9. The van der Waals surface area contributed by atoms with Gasteiger partial charge < -0.3 is 0 Å². The van der Waals surface area contributed by atoms with Crippen LogP contribution in [0.2, 0.25) is 16.6 Å². The number of rotatable bonds is 3. The summed E-state index contributed by atoms with van der Waals surface area (Å²) in [6.07, 6.45) is 2.10. The van der Waals surface area contributed by atoms with Gasteiger partial charge in [0.15, 0.2) is 0 Å². The second-order valence-corrected chi connectivity index (χ2v) is 8.58. The number of hydrogen-bond donors (Lipinski definition) is 1. The molecule has 1 saturated carbocycles. The van der Waals surface area contributed by atoms with E-state index in [4.69, 9.17) is 5.73 Å². The van der Waals surface area contributed by atoms with E-state index in [1.165, 1.54) is 0 Å². The summed E-state index contributed by atoms with van der Waals surface area (Å²) in [6.45, 7) is 0. The van der Waals surface area contributed by atoms with E-state index < -0.39 is 14.7 Å². The molecule has 3 heteroatoms. The van der Waals surface area contributed by atoms with E-state index >= 15 is 0 Å². The molecule has 0 radical (unpaired) electrons. The minimum atomic E-state index is -0.649. The van der Waals surface area contributed by atoms with Crippen molar-refractivity contribution in [2.24, 2.45) is 11.1 Å². The molecular weight excluding hydrogens is 189 g/mol. The minimum absolute atomic E-state index is 0.0243. The fraction of sp³-hybridized carbons (Fsp3) is 0.857. The quantitative estimate of drug-likeness (QED) is 0.683. The Bertz CT molecular complexity index is 152. The van der Waals surface area contributed by atoms with Gasteiger partial charge >= 0.3 is 66.0 Å². The van der Waals surface area contributed by atoms with Crippen molar-refractivity contribution >= 4 is 20.6 Å². The molecule has 2 N–H and O–H groups in total. The fourth-order valence-corrected chi connectivity index (χ4v) is 4.77. The Hall–Kier alpha value is 0.0284. The molecule has 0 bridgehead atoms. The van der Waals surface area contributed by atoms with Gasteiger partial charge in [0.2, 0.25) is 0 Å². The summed E-state index contributed by atoms with van der Waals surface area (Å²) in [5.74, 6) is -0.0597. The van der Waals surface area contributed by atoms with Gasteiger partial charge in [0.25, 0.3) is 0 Å². The monoisotopic (exact) mass is 203 g/mol. The van der Waals surface area contributed by atoms with Crippen LogP contribution >= 0.6 is 0 Å². The van der Waals surface area contributed by atoms with Crippen molar-refractivity contribution in [3.8, 4) is 0 Å². The van der Waals surface area contributed by atoms with Crippen molar-refractivity contribution in [2.75, 3.05) is 0 Å². The van der Waals surface area contributed by atoms with Gasteiger partial charge in [0.1, 0.15) is 0 Å². The van der Waals surface area contributed by atoms with Crippen LogP contribution in [0.1, 0.15) is 12.8 Å². The van der Waals surface area contributed by atoms with Gasteiger partial charge in [-0.1, -0.05) is 0 Å². The molecule has 1 amide bonds. The molecule has 0 unspecified atom stereocenters. The maximum absolute atomic E-state index is 10.9. The second kappa shape index (κ2) is 2.58. The summed E-state index contributed by atoms with van der Waals surface area (Å²) in [7, 11) is 0. The molecule has 0 saturated heterocycles. The van der Waals surface area contributed by atoms with Crippen molar-refractivity contribution in [2.45, 2.75) is 29.5 Å². The topological polar surface area (TPSA) is 43.1 Å². The molecule has 58 valence electrons. The molecule has 1 rings (SSSR count). The normalized spacial score (nSPS) is 21.1. The predicted molar refractivity (Wildman–Crippen MR) is 43.2 cm³/mol. The molecule has 0 atom stereocenters. The first-order valence-corrected chi connectivity index (χ1v) is 8.59. The maximum atomic E-state index is 10.9. The first-order valence-electron chi connectivity index (χ1n) is 3.51. The SMILES string of the molecule is C[As](C)CC1(C(N)=O)CC1. The average molecular weight is 203 g/mol. The molecule has 0 aromatic carbocycles. The Kier molecular flexibility index (Phi) is 2.09. The van der Waals surface area contributed by atoms with Gasteiger partial charge in [-0.15, -0.1) is 0 Å². The van der Waals surface area contributed by atoms with Gasteiger partial charge in [-0.2, -0.15) is 0 Å². The van der Waals surface area contributed by atoms with Crippen molar-refractivity contribution in [3.05, 3.63) is 0 Å². The van der Waals surface area contributed by atoms with Crippen molar-refractivity contribution in [1.29, 1.82) is 0 Å². The van der Waals surface area contributed by atoms with E-state index in [1.807, 2.05) is 0 Å². The van der Waals surface area contributed by atoms with E-state index in [0.29, 0.717) is 0 Å². The standard InChI is InChI=1S/C7H14AsNO/c1-8(2)5-7(3-4-7)6(9)10/h3-5H2,1-2H3,(H2,9,10). The molecule has 2 nitrogen and oxygen atoms in total. The Morgan fingerprint density at radius 2 is 2.10 bits per heavy atom. The molecule has 0 spiro atoms. The Morgan fingerprint density at radius 1 is 1.60 bits per heavy atom. The molecule has 0 aromatic rings. The zero-order valence-electron chi connectivity index (χ0n) is 6.55. The molecule has 0 heterocycles. The molecule has 1 fully saturated rings. The first-order chi connectivity index (χ1) is 4.57. The number of nitrogens with two attached hydrogens (primary N) is 1. The number of amides is 1. The number of primary amides is 1. The van der Waals surface area contributed by atoms with Crippen LogP contribution in [-0.2, 0) is 4.79 Å². The third-order valence-corrected chi connectivity index (χ3v) is 4.59. The van der Waals surface area contributed by atoms with Crippen molar-refractivity contribution in [1.82, 2.24) is 0 Å². The molecular formula is C7H14AsNO. The summed E-state index contributed by atoms with van der Waals surface area (Å²) >= 11 is -0.649. The zero-order chi connectivity index (χ0) is 7.78. The molecule has 0 aliphatic heterocycles. The summed E-state index contributed by atoms with van der Waals surface area (Å²) in [5.41, 5.74) is 9.79. The Morgan fingerprint density at radius 3 is 2.20 bits per heavy atom. The number of carbonyl (C=O) groups is 1. The van der Waals surface area contributed by atoms with Crippen LogP contribution in [0.3, 0.4) is 0 Å². The van der Waals surface area contributed by atoms with Crippen LogP contribution in [0.5, 0.6) is 0 Å². The van der Waals surface area contributed by atoms with Crippen LogP contribution in [-0.4, -0.2) is 20.6 Å². The fourth-order valence-electron chi connectivity index (χ4n) is 1.24. The van der Waals surface area contributed by atoms with Crippen LogP contribution in [0.4, 0.5) is 0 Å². The van der Waals surface area contributed by atoms with E-state index in [-0.39, 0.29) is 11.3 Å². The number of carbonyl (C=O) groups excluding carboxylic acids is 1. The molecule has 0 aromatic heterocycles. The number of hydrogen-bond acceptors (Lipinski definition) is 1. The van der Waals surface area contributed by atoms with Crippen LogP contribution in [0.25, 0.3) is 0 Å². The first kappa shape index (κ1) is 8.13. The van der Waals surface area contributed by atoms with Gasteiger partial charge in [0.05, 0.1) is 0 Å². The van der Waals surface area contributed by atoms with Crippen molar-refractivity contribution < 1.29 is 4.79 Å². The molecule has 10 heavy (non-hydrogen) atoms. The summed E-state index contributed by atoms with van der Waals surface area (Å²) < 4.78 is 0. The average Bonchev–Trinajstić information content (AvgIpc) is 2.46. The third-order valence-electron chi connectivity index (χ3n) is 2.00. The summed E-state index contributed by atoms with van der Waals surface area (Å²) in [6, 6.07) is 0. The predicted octanol–water partition coefficient (Wildman–Crippen LogP) is 1.01. The van der Waals surface area contributed by atoms with E-state index in [9.17, 15) is 4.79 Å². The van der Waals surface area contributed by atoms with Gasteiger partial charge in [-0.05, 0) is 0 Å². The van der Waals surface area contributed by atoms with Crippen LogP contribution in [0.15, 0.2) is 0 Å².